The van der Waals surface area contributed by atoms with Gasteiger partial charge in [-0.25, -0.2) is 9.59 Å². The highest BCUT2D eigenvalue weighted by molar-refractivity contribution is 7.59. The normalized spacial score (nSPS) is 19.8. The van der Waals surface area contributed by atoms with Crippen molar-refractivity contribution in [3.8, 4) is 5.75 Å². The van der Waals surface area contributed by atoms with Crippen molar-refractivity contribution in [1.29, 1.82) is 0 Å². The van der Waals surface area contributed by atoms with E-state index >= 15 is 0 Å². The Balaban J connectivity index is 0.00000578. The Labute approximate surface area is 222 Å². The van der Waals surface area contributed by atoms with Crippen LogP contribution in [0.5, 0.6) is 5.75 Å². The lowest BCUT2D eigenvalue weighted by molar-refractivity contribution is -0.150. The monoisotopic (exact) mass is 531 g/mol. The number of aliphatic carboxylic acids is 1. The number of nitrogens with zero attached hydrogens (tertiary/aromatic N) is 1. The van der Waals surface area contributed by atoms with Crippen LogP contribution in [-0.4, -0.2) is 66.9 Å². The predicted molar refractivity (Wildman–Crippen MR) is 145 cm³/mol. The van der Waals surface area contributed by atoms with Crippen molar-refractivity contribution in [2.24, 2.45) is 11.7 Å². The van der Waals surface area contributed by atoms with Crippen LogP contribution in [0.1, 0.15) is 52.0 Å². The molecule has 1 aliphatic rings. The number of nitrogens with one attached hydrogen (secondary N) is 1. The summed E-state index contributed by atoms with van der Waals surface area (Å²) >= 11 is 0. The van der Waals surface area contributed by atoms with Gasteiger partial charge >= 0.3 is 18.0 Å². The molecule has 1 aromatic carbocycles. The van der Waals surface area contributed by atoms with E-state index in [1.54, 1.807) is 19.9 Å². The highest BCUT2D eigenvalue weighted by atomic mass is 32.1. The Kier molecular flexibility index (Phi) is 14.4. The second-order valence-electron chi connectivity index (χ2n) is 9.19. The van der Waals surface area contributed by atoms with Crippen molar-refractivity contribution in [2.45, 2.75) is 64.0 Å². The van der Waals surface area contributed by atoms with Crippen LogP contribution in [0.3, 0.4) is 0 Å². The lowest BCUT2D eigenvalue weighted by Gasteiger charge is -2.35. The molecule has 4 N–H and O–H groups in total. The Bertz CT molecular complexity index is 841. The van der Waals surface area contributed by atoms with Gasteiger partial charge in [0.25, 0.3) is 0 Å². The molecule has 200 valence electrons. The first-order valence-electron chi connectivity index (χ1n) is 11.5. The van der Waals surface area contributed by atoms with Crippen molar-refractivity contribution >= 4 is 45.0 Å². The zero-order chi connectivity index (χ0) is 24.6. The number of carboxylic acid groups (broad SMARTS) is 1. The first-order valence-corrected chi connectivity index (χ1v) is 11.5. The lowest BCUT2D eigenvalue weighted by Crippen LogP contribution is -2.47. The number of likely N-dealkylation sites (tertiary alicyclic amines) is 1. The second kappa shape index (κ2) is 15.2. The van der Waals surface area contributed by atoms with Crippen molar-refractivity contribution < 1.29 is 29.0 Å². The van der Waals surface area contributed by atoms with Gasteiger partial charge in [-0.05, 0) is 56.5 Å². The van der Waals surface area contributed by atoms with Crippen LogP contribution < -0.4 is 15.8 Å². The number of likely N-dealkylation sites (N-methyl/N-ethyl adjacent to an activating group) is 1. The van der Waals surface area contributed by atoms with E-state index in [4.69, 9.17) is 20.3 Å². The molecule has 0 radical (unpaired) electrons. The molecule has 1 heterocycles. The number of benzene rings is 1. The van der Waals surface area contributed by atoms with Crippen LogP contribution in [0.4, 0.5) is 4.79 Å². The molecular weight excluding hydrogens is 490 g/mol. The number of rotatable bonds is 9. The summed E-state index contributed by atoms with van der Waals surface area (Å²) < 4.78 is 10.5. The molecule has 1 saturated heterocycles. The minimum absolute atomic E-state index is 0. The summed E-state index contributed by atoms with van der Waals surface area (Å²) in [5, 5.41) is 11.4. The molecule has 0 bridgehead atoms. The second-order valence-corrected chi connectivity index (χ2v) is 9.19. The first-order chi connectivity index (χ1) is 15.6. The third-order valence-corrected chi connectivity index (χ3v) is 6.27. The van der Waals surface area contributed by atoms with E-state index in [1.165, 1.54) is 6.42 Å². The van der Waals surface area contributed by atoms with Crippen molar-refractivity contribution in [3.05, 3.63) is 29.8 Å². The van der Waals surface area contributed by atoms with Gasteiger partial charge in [-0.2, -0.15) is 27.0 Å². The summed E-state index contributed by atoms with van der Waals surface area (Å²) in [6, 6.07) is 5.23. The third kappa shape index (κ3) is 9.55. The number of esters is 1. The van der Waals surface area contributed by atoms with Gasteiger partial charge in [0, 0.05) is 12.0 Å². The number of hydrogen-bond acceptors (Lipinski definition) is 7. The molecule has 9 nitrogen and oxygen atoms in total. The van der Waals surface area contributed by atoms with Gasteiger partial charge < -0.3 is 30.5 Å². The number of hydrogen-bond donors (Lipinski definition) is 3. The molecule has 1 aromatic rings. The van der Waals surface area contributed by atoms with Gasteiger partial charge in [0.1, 0.15) is 24.4 Å². The first kappa shape index (κ1) is 33.0. The highest BCUT2D eigenvalue weighted by Crippen LogP contribution is 2.37. The summed E-state index contributed by atoms with van der Waals surface area (Å²) in [6.07, 6.45) is 3.58. The molecule has 2 rings (SSSR count). The number of nitrogens with two attached hydrogens (primary N) is 1. The number of carbonyl (C=O) groups is 3. The minimum atomic E-state index is -1.33. The van der Waals surface area contributed by atoms with Gasteiger partial charge in [-0.1, -0.05) is 39.3 Å². The quantitative estimate of drug-likeness (QED) is 0.415. The van der Waals surface area contributed by atoms with Crippen molar-refractivity contribution in [1.82, 2.24) is 10.2 Å². The zero-order valence-corrected chi connectivity index (χ0v) is 23.0. The van der Waals surface area contributed by atoms with Gasteiger partial charge in [-0.3, -0.25) is 4.79 Å². The topological polar surface area (TPSA) is 131 Å². The molecule has 0 spiro atoms. The average molecular weight is 532 g/mol. The number of amides is 1. The third-order valence-electron chi connectivity index (χ3n) is 6.27. The summed E-state index contributed by atoms with van der Waals surface area (Å²) in [4.78, 5) is 38.1. The summed E-state index contributed by atoms with van der Waals surface area (Å²) in [7, 11) is 2.14. The van der Waals surface area contributed by atoms with Gasteiger partial charge in [0.2, 0.25) is 0 Å². The standard InChI is InChI=1S/C24H37N3O6.2H2S/c1-5-24(11-6-7-12-27(4)15-24)17-9-8-10-18(13-17)33-23(31)26-20(16(2)3)22(30)32-14-19(25)21(28)29;;/h8-10,13,16,19-20H,5-7,11-12,14-15,25H2,1-4H3,(H,26,31)(H,28,29);2*1H2/t19-,20-,24?;;/m0../s1. The lowest BCUT2D eigenvalue weighted by atomic mass is 9.74. The maximum Gasteiger partial charge on any atom is 0.413 e. The van der Waals surface area contributed by atoms with Crippen molar-refractivity contribution in [3.63, 3.8) is 0 Å². The molecule has 0 aromatic heterocycles. The Hall–Kier alpha value is -1.95. The smallest absolute Gasteiger partial charge is 0.413 e. The van der Waals surface area contributed by atoms with E-state index in [0.29, 0.717) is 5.75 Å². The van der Waals surface area contributed by atoms with Gasteiger partial charge in [-0.15, -0.1) is 0 Å². The van der Waals surface area contributed by atoms with Crippen LogP contribution in [0.2, 0.25) is 0 Å². The molecular formula is C24H41N3O6S2. The molecule has 1 amide bonds. The van der Waals surface area contributed by atoms with Gasteiger partial charge in [0.15, 0.2) is 0 Å². The predicted octanol–water partition coefficient (Wildman–Crippen LogP) is 2.74. The molecule has 35 heavy (non-hydrogen) atoms. The SMILES string of the molecule is CCC1(c2cccc(OC(=O)N[C@H](C(=O)OC[C@H](N)C(=O)O)C(C)C)c2)CCCCN(C)C1.S.S. The molecule has 11 heteroatoms. The largest absolute Gasteiger partial charge is 0.480 e. The summed E-state index contributed by atoms with van der Waals surface area (Å²) in [5.41, 5.74) is 6.49. The fourth-order valence-electron chi connectivity index (χ4n) is 4.23. The Morgan fingerprint density at radius 2 is 1.91 bits per heavy atom. The molecule has 0 saturated carbocycles. The van der Waals surface area contributed by atoms with E-state index < -0.39 is 36.7 Å². The minimum Gasteiger partial charge on any atom is -0.480 e. The van der Waals surface area contributed by atoms with E-state index in [1.807, 2.05) is 12.1 Å². The van der Waals surface area contributed by atoms with E-state index in [-0.39, 0.29) is 38.3 Å². The highest BCUT2D eigenvalue weighted by Gasteiger charge is 2.33. The Morgan fingerprint density at radius 1 is 1.23 bits per heavy atom. The van der Waals surface area contributed by atoms with Crippen molar-refractivity contribution in [2.75, 3.05) is 26.7 Å². The van der Waals surface area contributed by atoms with Gasteiger partial charge in [0.05, 0.1) is 0 Å². The zero-order valence-electron chi connectivity index (χ0n) is 21.0. The maximum atomic E-state index is 12.6. The van der Waals surface area contributed by atoms with E-state index in [2.05, 4.69) is 30.3 Å². The van der Waals surface area contributed by atoms with E-state index in [0.717, 1.165) is 37.9 Å². The molecule has 1 aliphatic heterocycles. The summed E-state index contributed by atoms with van der Waals surface area (Å²) in [6.45, 7) is 7.19. The Morgan fingerprint density at radius 3 is 2.51 bits per heavy atom. The van der Waals surface area contributed by atoms with E-state index in [9.17, 15) is 14.4 Å². The number of carboxylic acids is 1. The molecule has 0 aliphatic carbocycles. The molecule has 1 unspecified atom stereocenters. The van der Waals surface area contributed by atoms with Crippen LogP contribution in [-0.2, 0) is 19.7 Å². The van der Waals surface area contributed by atoms with Crippen LogP contribution in [0, 0.1) is 5.92 Å². The number of ether oxygens (including phenoxy) is 2. The molecule has 3 atom stereocenters. The fourth-order valence-corrected chi connectivity index (χ4v) is 4.23. The molecule has 1 fully saturated rings. The average Bonchev–Trinajstić information content (AvgIpc) is 2.97. The summed E-state index contributed by atoms with van der Waals surface area (Å²) in [5.74, 6) is -1.95. The number of carbonyl (C=O) groups excluding carboxylic acids is 2. The van der Waals surface area contributed by atoms with Crippen LogP contribution in [0.15, 0.2) is 24.3 Å². The fraction of sp³-hybridized carbons (Fsp3) is 0.625. The van der Waals surface area contributed by atoms with Crippen LogP contribution in [0.25, 0.3) is 0 Å². The van der Waals surface area contributed by atoms with Crippen LogP contribution >= 0.6 is 27.0 Å². The maximum absolute atomic E-state index is 12.6.